The van der Waals surface area contributed by atoms with Gasteiger partial charge in [-0.3, -0.25) is 4.79 Å². The topological polar surface area (TPSA) is 57.2 Å². The molecular weight excluding hydrogens is 494 g/mol. The minimum absolute atomic E-state index is 0.523. The number of rotatable bonds is 6. The van der Waals surface area contributed by atoms with Gasteiger partial charge in [0.15, 0.2) is 15.0 Å². The van der Waals surface area contributed by atoms with Gasteiger partial charge in [0.2, 0.25) is 0 Å². The van der Waals surface area contributed by atoms with Crippen LogP contribution in [-0.4, -0.2) is 70.5 Å². The van der Waals surface area contributed by atoms with Gasteiger partial charge in [-0.1, -0.05) is 25.2 Å². The number of carbonyl (C=O) groups excluding carboxylic acids is 1. The summed E-state index contributed by atoms with van der Waals surface area (Å²) in [4.78, 5) is 13.1. The number of alkyl halides is 1. The summed E-state index contributed by atoms with van der Waals surface area (Å²) in [7, 11) is -7.06. The number of anilines is 1. The maximum absolute atomic E-state index is 12.8. The Labute approximate surface area is 200 Å². The van der Waals surface area contributed by atoms with Crippen LogP contribution in [0, 0.1) is 0 Å². The lowest BCUT2D eigenvalue weighted by Crippen LogP contribution is -2.49. The summed E-state index contributed by atoms with van der Waals surface area (Å²) < 4.78 is 37.8. The molecule has 1 aromatic rings. The quantitative estimate of drug-likeness (QED) is 0.524. The Balaban J connectivity index is 2.13. The van der Waals surface area contributed by atoms with Crippen LogP contribution in [0.4, 0.5) is 10.1 Å². The minimum atomic E-state index is -1.97. The first kappa shape index (κ1) is 27.8. The third kappa shape index (κ3) is 9.06. The lowest BCUT2D eigenvalue weighted by atomic mass is 10.2. The van der Waals surface area contributed by atoms with E-state index in [2.05, 4.69) is 45.3 Å². The Morgan fingerprint density at radius 3 is 2.56 bits per heavy atom. The van der Waals surface area contributed by atoms with Gasteiger partial charge in [-0.2, -0.15) is 0 Å². The molecule has 32 heavy (non-hydrogen) atoms. The molecule has 0 spiro atoms. The highest BCUT2D eigenvalue weighted by Gasteiger charge is 2.39. The molecule has 1 fully saturated rings. The molecular formula is C20H40FNO5Si5. The zero-order valence-electron chi connectivity index (χ0n) is 20.7. The zero-order chi connectivity index (χ0) is 23.9. The molecule has 1 heterocycles. The lowest BCUT2D eigenvalue weighted by Gasteiger charge is -2.37. The van der Waals surface area contributed by atoms with Crippen molar-refractivity contribution in [3.05, 3.63) is 29.8 Å². The number of carbonyl (C=O) groups is 1. The Kier molecular flexibility index (Phi) is 10.7. The molecule has 1 aromatic carbocycles. The van der Waals surface area contributed by atoms with Crippen molar-refractivity contribution in [2.24, 2.45) is 0 Å². The van der Waals surface area contributed by atoms with Crippen molar-refractivity contribution in [3.8, 4) is 0 Å². The SMILES string of the molecule is CN(C(=O)CF)c1cccc(C[Si](C)(C)C[Si]2(C)CCCO[SiH](C)O[SiH](C)O[SiH](C)O2)c1. The summed E-state index contributed by atoms with van der Waals surface area (Å²) in [6.45, 7) is 13.3. The van der Waals surface area contributed by atoms with Crippen molar-refractivity contribution in [2.45, 2.75) is 63.5 Å². The molecule has 4 unspecified atom stereocenters. The largest absolute Gasteiger partial charge is 0.439 e. The molecule has 182 valence electrons. The first-order valence-electron chi connectivity index (χ1n) is 11.4. The van der Waals surface area contributed by atoms with E-state index in [9.17, 15) is 9.18 Å². The van der Waals surface area contributed by atoms with Gasteiger partial charge in [0.25, 0.3) is 24.5 Å². The summed E-state index contributed by atoms with van der Waals surface area (Å²) in [6, 6.07) is 10.0. The molecule has 0 radical (unpaired) electrons. The number of halogens is 1. The molecule has 0 N–H and O–H groups in total. The number of hydrogen-bond donors (Lipinski definition) is 0. The van der Waals surface area contributed by atoms with E-state index in [-0.39, 0.29) is 0 Å². The van der Waals surface area contributed by atoms with Crippen LogP contribution < -0.4 is 4.90 Å². The predicted octanol–water partition coefficient (Wildman–Crippen LogP) is 3.54. The van der Waals surface area contributed by atoms with Gasteiger partial charge in [0.1, 0.15) is 0 Å². The average Bonchev–Trinajstić information content (AvgIpc) is 2.70. The third-order valence-corrected chi connectivity index (χ3v) is 25.8. The standard InChI is InChI=1S/C20H40FNO5Si5/c1-22(20(23)15-21)19-11-8-10-18(14-19)16-31(5,6)17-32(7)13-9-12-24-28(2)25-29(3)26-30(4)27-32/h8,10-11,14,28-30H,9,12-13,15-17H2,1-7H3. The van der Waals surface area contributed by atoms with E-state index in [1.807, 2.05) is 18.2 Å². The fourth-order valence-corrected chi connectivity index (χ4v) is 27.6. The van der Waals surface area contributed by atoms with Crippen LogP contribution >= 0.6 is 0 Å². The molecule has 1 amide bonds. The molecule has 0 saturated carbocycles. The number of nitrogens with zero attached hydrogens (tertiary/aromatic N) is 1. The van der Waals surface area contributed by atoms with E-state index in [1.165, 1.54) is 10.5 Å². The van der Waals surface area contributed by atoms with Gasteiger partial charge in [-0.25, -0.2) is 4.39 Å². The normalized spacial score (nSPS) is 28.1. The van der Waals surface area contributed by atoms with Crippen LogP contribution in [0.3, 0.4) is 0 Å². The smallest absolute Gasteiger partial charge is 0.309 e. The molecule has 2 rings (SSSR count). The van der Waals surface area contributed by atoms with Gasteiger partial charge in [0, 0.05) is 19.3 Å². The molecule has 4 atom stereocenters. The van der Waals surface area contributed by atoms with Gasteiger partial charge in [-0.15, -0.1) is 0 Å². The second-order valence-electron chi connectivity index (χ2n) is 9.79. The van der Waals surface area contributed by atoms with E-state index >= 15 is 0 Å². The second-order valence-corrected chi connectivity index (χ2v) is 26.1. The Bertz CT molecular complexity index is 761. The van der Waals surface area contributed by atoms with Crippen LogP contribution in [-0.2, 0) is 27.6 Å². The van der Waals surface area contributed by atoms with E-state index < -0.39 is 56.8 Å². The molecule has 1 aliphatic rings. The van der Waals surface area contributed by atoms with Crippen molar-refractivity contribution >= 4 is 55.8 Å². The molecule has 0 aromatic heterocycles. The Morgan fingerprint density at radius 2 is 1.88 bits per heavy atom. The van der Waals surface area contributed by atoms with Crippen LogP contribution in [0.2, 0.25) is 51.0 Å². The molecule has 0 aliphatic carbocycles. The fourth-order valence-electron chi connectivity index (χ4n) is 4.66. The zero-order valence-corrected chi connectivity index (χ0v) is 26.1. The molecule has 6 nitrogen and oxygen atoms in total. The minimum Gasteiger partial charge on any atom is -0.439 e. The van der Waals surface area contributed by atoms with Gasteiger partial charge in [0.05, 0.1) is 8.07 Å². The van der Waals surface area contributed by atoms with Crippen molar-refractivity contribution in [2.75, 3.05) is 25.2 Å². The summed E-state index contributed by atoms with van der Waals surface area (Å²) in [6.07, 6.45) is 1.01. The third-order valence-electron chi connectivity index (χ3n) is 5.74. The van der Waals surface area contributed by atoms with Gasteiger partial charge >= 0.3 is 9.28 Å². The Hall–Kier alpha value is -0.456. The Morgan fingerprint density at radius 1 is 1.19 bits per heavy atom. The van der Waals surface area contributed by atoms with E-state index in [1.54, 1.807) is 7.05 Å². The van der Waals surface area contributed by atoms with Gasteiger partial charge < -0.3 is 21.7 Å². The van der Waals surface area contributed by atoms with Crippen molar-refractivity contribution < 1.29 is 26.0 Å². The summed E-state index contributed by atoms with van der Waals surface area (Å²) in [5.74, 6) is -0.523. The van der Waals surface area contributed by atoms with Gasteiger partial charge in [-0.05, 0) is 68.1 Å². The van der Waals surface area contributed by atoms with Crippen LogP contribution in [0.25, 0.3) is 0 Å². The predicted molar refractivity (Wildman–Crippen MR) is 141 cm³/mol. The van der Waals surface area contributed by atoms with Crippen LogP contribution in [0.1, 0.15) is 12.0 Å². The maximum atomic E-state index is 12.8. The maximum Gasteiger partial charge on any atom is 0.309 e. The summed E-state index contributed by atoms with van der Waals surface area (Å²) in [5, 5.41) is 0. The van der Waals surface area contributed by atoms with Crippen LogP contribution in [0.15, 0.2) is 24.3 Å². The van der Waals surface area contributed by atoms with Crippen molar-refractivity contribution in [1.82, 2.24) is 0 Å². The highest BCUT2D eigenvalue weighted by atomic mass is 28.5. The lowest BCUT2D eigenvalue weighted by molar-refractivity contribution is -0.119. The molecule has 1 aliphatic heterocycles. The first-order chi connectivity index (χ1) is 14.9. The second kappa shape index (κ2) is 12.3. The highest BCUT2D eigenvalue weighted by molar-refractivity contribution is 6.94. The van der Waals surface area contributed by atoms with E-state index in [0.717, 1.165) is 36.5 Å². The molecule has 1 saturated heterocycles. The number of hydrogen-bond acceptors (Lipinski definition) is 5. The average molecular weight is 534 g/mol. The number of benzene rings is 1. The molecule has 0 bridgehead atoms. The fraction of sp³-hybridized carbons (Fsp3) is 0.650. The van der Waals surface area contributed by atoms with Crippen molar-refractivity contribution in [3.63, 3.8) is 0 Å². The summed E-state index contributed by atoms with van der Waals surface area (Å²) in [5.41, 5.74) is 3.09. The summed E-state index contributed by atoms with van der Waals surface area (Å²) >= 11 is 0. The van der Waals surface area contributed by atoms with Crippen LogP contribution in [0.5, 0.6) is 0 Å². The first-order valence-corrected chi connectivity index (χ1v) is 24.0. The van der Waals surface area contributed by atoms with E-state index in [4.69, 9.17) is 16.8 Å². The monoisotopic (exact) mass is 533 g/mol. The van der Waals surface area contributed by atoms with E-state index in [0.29, 0.717) is 0 Å². The van der Waals surface area contributed by atoms with Crippen molar-refractivity contribution in [1.29, 1.82) is 0 Å². The molecule has 12 heteroatoms. The number of amides is 1. The highest BCUT2D eigenvalue weighted by Crippen LogP contribution is 2.30.